The first kappa shape index (κ1) is 41.2. The fraction of sp³-hybridized carbons (Fsp3) is 0.0435. The van der Waals surface area contributed by atoms with E-state index in [1.807, 2.05) is 24.3 Å². The highest BCUT2D eigenvalue weighted by molar-refractivity contribution is 7.92. The third-order valence-electron chi connectivity index (χ3n) is 9.77. The number of hydrogen-bond acceptors (Lipinski definition) is 9. The summed E-state index contributed by atoms with van der Waals surface area (Å²) in [6, 6.07) is 33.9. The minimum atomic E-state index is -4.07. The first-order valence-electron chi connectivity index (χ1n) is 18.8. The molecular weight excluding hydrogens is 837 g/mol. The van der Waals surface area contributed by atoms with Crippen molar-refractivity contribution in [2.24, 2.45) is 0 Å². The molecule has 0 bridgehead atoms. The van der Waals surface area contributed by atoms with E-state index in [9.17, 15) is 35.2 Å². The summed E-state index contributed by atoms with van der Waals surface area (Å²) in [4.78, 5) is 35.6. The lowest BCUT2D eigenvalue weighted by Crippen LogP contribution is -2.23. The molecule has 0 unspecified atom stereocenters. The molecule has 0 atom stereocenters. The molecule has 9 rings (SSSR count). The largest absolute Gasteiger partial charge is 0.449 e. The Morgan fingerprint density at radius 2 is 1.19 bits per heavy atom. The van der Waals surface area contributed by atoms with Gasteiger partial charge in [0.15, 0.2) is 11.3 Å². The monoisotopic (exact) mass is 869 g/mol. The average molecular weight is 870 g/mol. The van der Waals surface area contributed by atoms with Crippen molar-refractivity contribution in [3.63, 3.8) is 0 Å². The highest BCUT2D eigenvalue weighted by Gasteiger charge is 2.22. The molecule has 9 aromatic rings. The summed E-state index contributed by atoms with van der Waals surface area (Å²) in [5.74, 6) is -2.42. The van der Waals surface area contributed by atoms with Gasteiger partial charge in [0.25, 0.3) is 11.8 Å². The molecule has 0 radical (unpaired) electrons. The van der Waals surface area contributed by atoms with Crippen LogP contribution in [0.5, 0.6) is 0 Å². The quantitative estimate of drug-likeness (QED) is 0.122. The van der Waals surface area contributed by atoms with Gasteiger partial charge in [-0.15, -0.1) is 0 Å². The molecular formula is C46H33F2N5O7S2. The smallest absolute Gasteiger partial charge is 0.287 e. The molecule has 2 amide bonds. The van der Waals surface area contributed by atoms with E-state index in [1.54, 1.807) is 91.5 Å². The molecule has 62 heavy (non-hydrogen) atoms. The number of pyridine rings is 2. The Balaban J connectivity index is 0.000000171. The lowest BCUT2D eigenvalue weighted by Gasteiger charge is -2.09. The van der Waals surface area contributed by atoms with Crippen LogP contribution in [0, 0.1) is 11.6 Å². The third-order valence-corrected chi connectivity index (χ3v) is 13.3. The van der Waals surface area contributed by atoms with Crippen LogP contribution in [0.2, 0.25) is 0 Å². The number of nitrogens with zero attached hydrogens (tertiary/aromatic N) is 2. The van der Waals surface area contributed by atoms with Gasteiger partial charge in [-0.2, -0.15) is 0 Å². The Hall–Kier alpha value is -7.56. The maximum absolute atomic E-state index is 13.4. The molecule has 0 aliphatic carbocycles. The Morgan fingerprint density at radius 1 is 0.581 bits per heavy atom. The number of nitrogens with one attached hydrogen (secondary N) is 3. The Bertz CT molecular complexity index is 3260. The van der Waals surface area contributed by atoms with Gasteiger partial charge in [0.05, 0.1) is 25.8 Å². The van der Waals surface area contributed by atoms with E-state index in [0.717, 1.165) is 39.4 Å². The number of aromatic nitrogens is 3. The molecule has 16 heteroatoms. The SMILES string of the molecule is O=C(NCc1ccc(S(=O)(=O)c2cc(F)cc(F)c2)cc1)c1cc2cnccc2[nH]1.O=C(NCc1ccc(S(=O)(=O)c2cccc3ccccc23)cc1)c1cc2ccncc2o1. The summed E-state index contributed by atoms with van der Waals surface area (Å²) in [6.07, 6.45) is 6.45. The van der Waals surface area contributed by atoms with Gasteiger partial charge in [-0.25, -0.2) is 25.6 Å². The molecule has 4 aromatic heterocycles. The van der Waals surface area contributed by atoms with E-state index >= 15 is 0 Å². The zero-order valence-corrected chi connectivity index (χ0v) is 33.9. The third kappa shape index (κ3) is 8.82. The van der Waals surface area contributed by atoms with Gasteiger partial charge in [-0.3, -0.25) is 19.6 Å². The number of aromatic amines is 1. The highest BCUT2D eigenvalue weighted by atomic mass is 32.2. The van der Waals surface area contributed by atoms with E-state index in [2.05, 4.69) is 25.6 Å². The number of furan rings is 1. The Kier molecular flexibility index (Phi) is 11.4. The zero-order chi connectivity index (χ0) is 43.4. The van der Waals surface area contributed by atoms with Gasteiger partial charge in [-0.05, 0) is 83.2 Å². The van der Waals surface area contributed by atoms with Crippen molar-refractivity contribution in [1.29, 1.82) is 0 Å². The Morgan fingerprint density at radius 3 is 1.87 bits per heavy atom. The predicted octanol–water partition coefficient (Wildman–Crippen LogP) is 8.35. The minimum absolute atomic E-state index is 0.106. The predicted molar refractivity (Wildman–Crippen MR) is 227 cm³/mol. The molecule has 0 saturated carbocycles. The van der Waals surface area contributed by atoms with Crippen molar-refractivity contribution in [1.82, 2.24) is 25.6 Å². The Labute approximate surface area is 353 Å². The number of sulfone groups is 2. The fourth-order valence-electron chi connectivity index (χ4n) is 6.59. The number of hydrogen-bond donors (Lipinski definition) is 3. The van der Waals surface area contributed by atoms with Crippen LogP contribution in [0.4, 0.5) is 8.78 Å². The first-order valence-corrected chi connectivity index (χ1v) is 21.8. The van der Waals surface area contributed by atoms with Crippen LogP contribution < -0.4 is 10.6 Å². The second-order valence-electron chi connectivity index (χ2n) is 13.9. The van der Waals surface area contributed by atoms with Crippen LogP contribution >= 0.6 is 0 Å². The van der Waals surface area contributed by atoms with Gasteiger partial charge in [0.1, 0.15) is 17.3 Å². The molecule has 4 heterocycles. The molecule has 310 valence electrons. The van der Waals surface area contributed by atoms with Gasteiger partial charge in [0.2, 0.25) is 19.7 Å². The fourth-order valence-corrected chi connectivity index (χ4v) is 9.37. The lowest BCUT2D eigenvalue weighted by atomic mass is 10.1. The van der Waals surface area contributed by atoms with E-state index in [4.69, 9.17) is 4.42 Å². The number of H-pyrrole nitrogens is 1. The molecule has 0 aliphatic rings. The van der Waals surface area contributed by atoms with Crippen LogP contribution in [0.25, 0.3) is 32.6 Å². The van der Waals surface area contributed by atoms with Crippen LogP contribution in [-0.4, -0.2) is 43.6 Å². The number of carbonyl (C=O) groups is 2. The number of carbonyl (C=O) groups excluding carboxylic acids is 2. The van der Waals surface area contributed by atoms with Crippen molar-refractivity contribution in [3.05, 3.63) is 192 Å². The van der Waals surface area contributed by atoms with Crippen LogP contribution in [-0.2, 0) is 32.8 Å². The van der Waals surface area contributed by atoms with Crippen molar-refractivity contribution in [3.8, 4) is 0 Å². The average Bonchev–Trinajstić information content (AvgIpc) is 3.93. The minimum Gasteiger partial charge on any atom is -0.449 e. The normalized spacial score (nSPS) is 11.6. The number of halogens is 2. The summed E-state index contributed by atoms with van der Waals surface area (Å²) < 4.78 is 83.8. The number of benzene rings is 5. The lowest BCUT2D eigenvalue weighted by molar-refractivity contribution is 0.0923. The maximum Gasteiger partial charge on any atom is 0.287 e. The summed E-state index contributed by atoms with van der Waals surface area (Å²) in [5.41, 5.74) is 3.14. The van der Waals surface area contributed by atoms with E-state index in [0.29, 0.717) is 28.3 Å². The molecule has 5 aromatic carbocycles. The topological polar surface area (TPSA) is 181 Å². The molecule has 0 aliphatic heterocycles. The number of amides is 2. The number of rotatable bonds is 10. The van der Waals surface area contributed by atoms with Crippen molar-refractivity contribution in [2.75, 3.05) is 0 Å². The highest BCUT2D eigenvalue weighted by Crippen LogP contribution is 2.29. The molecule has 0 saturated heterocycles. The van der Waals surface area contributed by atoms with Gasteiger partial charge >= 0.3 is 0 Å². The van der Waals surface area contributed by atoms with Crippen molar-refractivity contribution in [2.45, 2.75) is 32.7 Å². The van der Waals surface area contributed by atoms with Gasteiger partial charge in [0, 0.05) is 59.4 Å². The second-order valence-corrected chi connectivity index (χ2v) is 17.8. The summed E-state index contributed by atoms with van der Waals surface area (Å²) in [7, 11) is -7.75. The maximum atomic E-state index is 13.4. The van der Waals surface area contributed by atoms with Crippen LogP contribution in [0.15, 0.2) is 182 Å². The summed E-state index contributed by atoms with van der Waals surface area (Å²) >= 11 is 0. The first-order chi connectivity index (χ1) is 29.8. The summed E-state index contributed by atoms with van der Waals surface area (Å²) in [6.45, 7) is 0.407. The standard InChI is InChI=1S/C25H18N2O4S.C21H15F2N3O3S/c28-25(22-14-19-12-13-26-16-23(19)31-22)27-15-17-8-10-20(11-9-17)32(29,30)24-7-3-5-18-4-1-2-6-21(18)24;22-15-8-16(23)10-18(9-15)30(28,29)17-3-1-13(2-4-17)11-25-21(27)20-7-14-12-24-6-5-19(14)26-20/h1-14,16H,15H2,(H,27,28);1-10,12,26H,11H2,(H,25,27). The van der Waals surface area contributed by atoms with Crippen LogP contribution in [0.3, 0.4) is 0 Å². The van der Waals surface area contributed by atoms with Crippen LogP contribution in [0.1, 0.15) is 32.2 Å². The molecule has 3 N–H and O–H groups in total. The zero-order valence-electron chi connectivity index (χ0n) is 32.2. The van der Waals surface area contributed by atoms with Gasteiger partial charge < -0.3 is 20.0 Å². The molecule has 12 nitrogen and oxygen atoms in total. The van der Waals surface area contributed by atoms with E-state index in [1.165, 1.54) is 24.3 Å². The second kappa shape index (κ2) is 17.2. The van der Waals surface area contributed by atoms with E-state index in [-0.39, 0.29) is 45.4 Å². The van der Waals surface area contributed by atoms with Crippen molar-refractivity contribution >= 4 is 64.1 Å². The van der Waals surface area contributed by atoms with Gasteiger partial charge in [-0.1, -0.05) is 60.7 Å². The molecule has 0 spiro atoms. The molecule has 0 fully saturated rings. The summed E-state index contributed by atoms with van der Waals surface area (Å²) in [5, 5.41) is 8.70. The van der Waals surface area contributed by atoms with Crippen molar-refractivity contribution < 1.29 is 39.6 Å². The number of fused-ring (bicyclic) bond motifs is 3. The van der Waals surface area contributed by atoms with E-state index < -0.39 is 36.2 Å².